The first kappa shape index (κ1) is 14.5. The molecule has 7 heteroatoms. The molecule has 98 valence electrons. The number of amides is 2. The summed E-state index contributed by atoms with van der Waals surface area (Å²) >= 11 is 9.97. The predicted octanol–water partition coefficient (Wildman–Crippen LogP) is 5.01. The van der Waals surface area contributed by atoms with Crippen LogP contribution in [0.5, 0.6) is 0 Å². The Balaban J connectivity index is 2.05. The lowest BCUT2D eigenvalue weighted by molar-refractivity contribution is 0.262. The number of carbonyl (C=O) groups is 1. The summed E-state index contributed by atoms with van der Waals surface area (Å²) in [5.41, 5.74) is 1.35. The minimum Gasteiger partial charge on any atom is -0.308 e. The summed E-state index contributed by atoms with van der Waals surface area (Å²) in [6, 6.07) is 8.63. The fourth-order valence-corrected chi connectivity index (χ4v) is 3.06. The third-order valence-corrected chi connectivity index (χ3v) is 3.45. The van der Waals surface area contributed by atoms with E-state index in [1.165, 1.54) is 0 Å². The lowest BCUT2D eigenvalue weighted by Gasteiger charge is -2.08. The number of aromatic nitrogens is 1. The number of carbonyl (C=O) groups excluding carboxylic acids is 1. The highest BCUT2D eigenvalue weighted by molar-refractivity contribution is 9.11. The summed E-state index contributed by atoms with van der Waals surface area (Å²) in [6.07, 6.45) is 1.61. The van der Waals surface area contributed by atoms with Crippen LogP contribution in [0.2, 0.25) is 0 Å². The summed E-state index contributed by atoms with van der Waals surface area (Å²) in [6.45, 7) is 0. The second-order valence-electron chi connectivity index (χ2n) is 3.60. The maximum atomic E-state index is 11.8. The van der Waals surface area contributed by atoms with Crippen LogP contribution in [0, 0.1) is 0 Å². The van der Waals surface area contributed by atoms with Crippen LogP contribution in [0.4, 0.5) is 16.2 Å². The molecule has 0 spiro atoms. The molecule has 0 bridgehead atoms. The van der Waals surface area contributed by atoms with Crippen LogP contribution in [0.15, 0.2) is 50.1 Å². The summed E-state index contributed by atoms with van der Waals surface area (Å²) in [5, 5.41) is 5.47. The number of nitrogens with zero attached hydrogens (tertiary/aromatic N) is 1. The van der Waals surface area contributed by atoms with Crippen molar-refractivity contribution >= 4 is 65.2 Å². The highest BCUT2D eigenvalue weighted by atomic mass is 79.9. The molecule has 1 heterocycles. The first-order valence-corrected chi connectivity index (χ1v) is 7.56. The number of pyridine rings is 1. The van der Waals surface area contributed by atoms with Gasteiger partial charge in [0.25, 0.3) is 0 Å². The van der Waals surface area contributed by atoms with Gasteiger partial charge in [-0.3, -0.25) is 0 Å². The second-order valence-corrected chi connectivity index (χ2v) is 6.25. The predicted molar refractivity (Wildman–Crippen MR) is 86.4 cm³/mol. The molecular weight excluding hydrogens is 442 g/mol. The lowest BCUT2D eigenvalue weighted by Crippen LogP contribution is -2.19. The van der Waals surface area contributed by atoms with E-state index in [0.717, 1.165) is 8.95 Å². The van der Waals surface area contributed by atoms with Crippen LogP contribution in [-0.2, 0) is 0 Å². The van der Waals surface area contributed by atoms with E-state index in [-0.39, 0.29) is 6.03 Å². The number of anilines is 2. The van der Waals surface area contributed by atoms with Crippen molar-refractivity contribution in [3.63, 3.8) is 0 Å². The van der Waals surface area contributed by atoms with Gasteiger partial charge < -0.3 is 10.6 Å². The van der Waals surface area contributed by atoms with Crippen LogP contribution in [0.1, 0.15) is 0 Å². The van der Waals surface area contributed by atoms with Crippen LogP contribution in [0.25, 0.3) is 0 Å². The van der Waals surface area contributed by atoms with E-state index in [9.17, 15) is 4.79 Å². The topological polar surface area (TPSA) is 54.0 Å². The summed E-state index contributed by atoms with van der Waals surface area (Å²) in [5.74, 6) is 0. The summed E-state index contributed by atoms with van der Waals surface area (Å²) in [4.78, 5) is 15.8. The number of nitrogens with one attached hydrogen (secondary N) is 2. The number of urea groups is 1. The third kappa shape index (κ3) is 4.59. The molecule has 0 unspecified atom stereocenters. The van der Waals surface area contributed by atoms with Crippen molar-refractivity contribution in [1.29, 1.82) is 0 Å². The zero-order valence-corrected chi connectivity index (χ0v) is 14.2. The van der Waals surface area contributed by atoms with E-state index in [1.54, 1.807) is 18.3 Å². The minimum atomic E-state index is -0.317. The lowest BCUT2D eigenvalue weighted by atomic mass is 10.3. The molecule has 2 aromatic rings. The average molecular weight is 450 g/mol. The molecular formula is C12H8Br3N3O. The Morgan fingerprint density at radius 3 is 2.21 bits per heavy atom. The van der Waals surface area contributed by atoms with E-state index < -0.39 is 0 Å². The standard InChI is InChI=1S/C12H8Br3N3O/c13-7-3-8(14)5-10(4-7)18-12(19)17-9-1-2-16-11(15)6-9/h1-6H,(H2,16,17,18,19). The Hall–Kier alpha value is -0.920. The SMILES string of the molecule is O=C(Nc1cc(Br)cc(Br)c1)Nc1ccnc(Br)c1. The average Bonchev–Trinajstić information content (AvgIpc) is 2.26. The van der Waals surface area contributed by atoms with E-state index in [0.29, 0.717) is 16.0 Å². The van der Waals surface area contributed by atoms with Crippen molar-refractivity contribution in [2.45, 2.75) is 0 Å². The van der Waals surface area contributed by atoms with Gasteiger partial charge in [0.15, 0.2) is 0 Å². The number of benzene rings is 1. The van der Waals surface area contributed by atoms with Crippen LogP contribution in [-0.4, -0.2) is 11.0 Å². The van der Waals surface area contributed by atoms with Crippen molar-refractivity contribution in [3.8, 4) is 0 Å². The van der Waals surface area contributed by atoms with E-state index in [2.05, 4.69) is 63.4 Å². The Bertz CT molecular complexity index is 599. The van der Waals surface area contributed by atoms with Gasteiger partial charge in [-0.2, -0.15) is 0 Å². The first-order valence-electron chi connectivity index (χ1n) is 5.18. The Morgan fingerprint density at radius 1 is 0.947 bits per heavy atom. The van der Waals surface area contributed by atoms with E-state index in [1.807, 2.05) is 18.2 Å². The number of rotatable bonds is 2. The van der Waals surface area contributed by atoms with Crippen LogP contribution < -0.4 is 10.6 Å². The van der Waals surface area contributed by atoms with Gasteiger partial charge in [-0.1, -0.05) is 31.9 Å². The fraction of sp³-hybridized carbons (Fsp3) is 0. The molecule has 4 nitrogen and oxygen atoms in total. The fourth-order valence-electron chi connectivity index (χ4n) is 1.40. The van der Waals surface area contributed by atoms with Crippen molar-refractivity contribution in [2.24, 2.45) is 0 Å². The molecule has 2 rings (SSSR count). The largest absolute Gasteiger partial charge is 0.323 e. The Labute approximate surface area is 135 Å². The molecule has 2 amide bonds. The number of hydrogen-bond acceptors (Lipinski definition) is 2. The van der Waals surface area contributed by atoms with Gasteiger partial charge in [0, 0.05) is 26.5 Å². The molecule has 0 aliphatic heterocycles. The minimum absolute atomic E-state index is 0.317. The third-order valence-electron chi connectivity index (χ3n) is 2.10. The maximum absolute atomic E-state index is 11.8. The monoisotopic (exact) mass is 447 g/mol. The quantitative estimate of drug-likeness (QED) is 0.633. The van der Waals surface area contributed by atoms with E-state index in [4.69, 9.17) is 0 Å². The van der Waals surface area contributed by atoms with Gasteiger partial charge in [0.2, 0.25) is 0 Å². The van der Waals surface area contributed by atoms with Gasteiger partial charge in [-0.15, -0.1) is 0 Å². The molecule has 0 radical (unpaired) electrons. The molecule has 1 aromatic heterocycles. The highest BCUT2D eigenvalue weighted by Gasteiger charge is 2.04. The van der Waals surface area contributed by atoms with Crippen LogP contribution >= 0.6 is 47.8 Å². The Kier molecular flexibility index (Phi) is 4.95. The second kappa shape index (κ2) is 6.49. The highest BCUT2D eigenvalue weighted by Crippen LogP contribution is 2.23. The van der Waals surface area contributed by atoms with Crippen molar-refractivity contribution in [3.05, 3.63) is 50.1 Å². The molecule has 0 saturated heterocycles. The smallest absolute Gasteiger partial charge is 0.308 e. The van der Waals surface area contributed by atoms with Gasteiger partial charge in [-0.25, -0.2) is 9.78 Å². The van der Waals surface area contributed by atoms with Gasteiger partial charge >= 0.3 is 6.03 Å². The molecule has 0 atom stereocenters. The molecule has 0 fully saturated rings. The number of hydrogen-bond donors (Lipinski definition) is 2. The van der Waals surface area contributed by atoms with Crippen molar-refractivity contribution in [2.75, 3.05) is 10.6 Å². The molecule has 2 N–H and O–H groups in total. The molecule has 0 aliphatic carbocycles. The summed E-state index contributed by atoms with van der Waals surface area (Å²) in [7, 11) is 0. The van der Waals surface area contributed by atoms with Gasteiger partial charge in [0.1, 0.15) is 4.60 Å². The van der Waals surface area contributed by atoms with E-state index >= 15 is 0 Å². The summed E-state index contributed by atoms with van der Waals surface area (Å²) < 4.78 is 2.42. The van der Waals surface area contributed by atoms with Gasteiger partial charge in [0.05, 0.1) is 0 Å². The van der Waals surface area contributed by atoms with Crippen molar-refractivity contribution in [1.82, 2.24) is 4.98 Å². The first-order chi connectivity index (χ1) is 9.02. The normalized spacial score (nSPS) is 10.1. The maximum Gasteiger partial charge on any atom is 0.323 e. The zero-order chi connectivity index (χ0) is 13.8. The zero-order valence-electron chi connectivity index (χ0n) is 9.45. The Morgan fingerprint density at radius 2 is 1.58 bits per heavy atom. The molecule has 0 aliphatic rings. The number of halogens is 3. The van der Waals surface area contributed by atoms with Crippen LogP contribution in [0.3, 0.4) is 0 Å². The molecule has 19 heavy (non-hydrogen) atoms. The molecule has 1 aromatic carbocycles. The van der Waals surface area contributed by atoms with Crippen molar-refractivity contribution < 1.29 is 4.79 Å². The van der Waals surface area contributed by atoms with Gasteiger partial charge in [-0.05, 0) is 46.3 Å². The molecule has 0 saturated carbocycles.